The second kappa shape index (κ2) is 3.54. The molecule has 1 heterocycles. The van der Waals surface area contributed by atoms with Gasteiger partial charge in [-0.05, 0) is 6.92 Å². The summed E-state index contributed by atoms with van der Waals surface area (Å²) >= 11 is 0. The highest BCUT2D eigenvalue weighted by molar-refractivity contribution is 6.48. The average Bonchev–Trinajstić information content (AvgIpc) is 2.71. The average molecular weight is 186 g/mol. The monoisotopic (exact) mass is 186 g/mol. The Morgan fingerprint density at radius 3 is 2.57 bits per heavy atom. The highest BCUT2D eigenvalue weighted by Gasteiger charge is 2.14. The zero-order chi connectivity index (χ0) is 9.97. The van der Waals surface area contributed by atoms with E-state index in [1.54, 1.807) is 0 Å². The van der Waals surface area contributed by atoms with Gasteiger partial charge in [0.25, 0.3) is 0 Å². The summed E-state index contributed by atoms with van der Waals surface area (Å²) in [4.78, 5) is 19.5. The van der Waals surface area contributed by atoms with Crippen LogP contribution in [0.3, 0.4) is 0 Å². The fourth-order valence-electron chi connectivity index (χ4n) is 1.28. The van der Waals surface area contributed by atoms with E-state index in [0.29, 0.717) is 17.8 Å². The van der Waals surface area contributed by atoms with Gasteiger partial charge in [-0.1, -0.05) is 29.8 Å². The van der Waals surface area contributed by atoms with Gasteiger partial charge in [-0.2, -0.15) is 0 Å². The van der Waals surface area contributed by atoms with Crippen molar-refractivity contribution in [3.8, 4) is 0 Å². The van der Waals surface area contributed by atoms with Crippen molar-refractivity contribution in [2.75, 3.05) is 6.54 Å². The maximum Gasteiger partial charge on any atom is 0.209 e. The van der Waals surface area contributed by atoms with Crippen LogP contribution >= 0.6 is 0 Å². The number of benzene rings is 1. The number of aliphatic imine (C=N–C) groups is 2. The molecule has 0 saturated heterocycles. The molecule has 0 atom stereocenters. The molecule has 3 nitrogen and oxygen atoms in total. The van der Waals surface area contributed by atoms with Gasteiger partial charge < -0.3 is 0 Å². The molecule has 3 heteroatoms. The lowest BCUT2D eigenvalue weighted by Gasteiger charge is -1.99. The van der Waals surface area contributed by atoms with Crippen LogP contribution in [0.1, 0.15) is 15.9 Å². The standard InChI is InChI=1S/C11H10N2O/c1-8-2-4-9(5-3-8)11(14)10-6-12-7-13-10/h2-5,7H,6H2,1H3. The normalized spacial score (nSPS) is 14.2. The SMILES string of the molecule is Cc1ccc(C(=O)C2=NC=NC2)cc1. The van der Waals surface area contributed by atoms with Crippen molar-refractivity contribution in [2.45, 2.75) is 6.92 Å². The summed E-state index contributed by atoms with van der Waals surface area (Å²) in [7, 11) is 0. The number of nitrogens with zero attached hydrogens (tertiary/aromatic N) is 2. The molecule has 1 aliphatic heterocycles. The highest BCUT2D eigenvalue weighted by atomic mass is 16.1. The molecule has 1 aromatic rings. The van der Waals surface area contributed by atoms with Crippen molar-refractivity contribution in [1.29, 1.82) is 0 Å². The van der Waals surface area contributed by atoms with Gasteiger partial charge in [0.15, 0.2) is 0 Å². The van der Waals surface area contributed by atoms with E-state index in [-0.39, 0.29) is 5.78 Å². The molecule has 0 spiro atoms. The molecular weight excluding hydrogens is 176 g/mol. The molecule has 1 aromatic carbocycles. The first-order chi connectivity index (χ1) is 6.77. The zero-order valence-corrected chi connectivity index (χ0v) is 7.90. The van der Waals surface area contributed by atoms with Gasteiger partial charge in [0.05, 0.1) is 6.54 Å². The van der Waals surface area contributed by atoms with E-state index in [0.717, 1.165) is 5.56 Å². The van der Waals surface area contributed by atoms with Crippen molar-refractivity contribution in [3.05, 3.63) is 35.4 Å². The Kier molecular flexibility index (Phi) is 2.23. The van der Waals surface area contributed by atoms with Crippen LogP contribution in [-0.2, 0) is 0 Å². The summed E-state index contributed by atoms with van der Waals surface area (Å²) < 4.78 is 0. The van der Waals surface area contributed by atoms with Crippen LogP contribution in [0.2, 0.25) is 0 Å². The maximum atomic E-state index is 11.7. The molecule has 14 heavy (non-hydrogen) atoms. The van der Waals surface area contributed by atoms with Crippen molar-refractivity contribution in [3.63, 3.8) is 0 Å². The highest BCUT2D eigenvalue weighted by Crippen LogP contribution is 2.06. The molecule has 70 valence electrons. The lowest BCUT2D eigenvalue weighted by molar-refractivity contribution is 0.106. The minimum absolute atomic E-state index is 0.0255. The van der Waals surface area contributed by atoms with E-state index in [2.05, 4.69) is 9.98 Å². The molecule has 0 unspecified atom stereocenters. The first kappa shape index (κ1) is 8.81. The molecule has 1 aliphatic rings. The molecule has 0 saturated carbocycles. The molecule has 0 aliphatic carbocycles. The topological polar surface area (TPSA) is 41.8 Å². The van der Waals surface area contributed by atoms with E-state index < -0.39 is 0 Å². The fourth-order valence-corrected chi connectivity index (χ4v) is 1.28. The number of ketones is 1. The molecule has 0 bridgehead atoms. The Balaban J connectivity index is 2.23. The van der Waals surface area contributed by atoms with E-state index in [1.165, 1.54) is 6.34 Å². The van der Waals surface area contributed by atoms with Crippen LogP contribution in [-0.4, -0.2) is 24.4 Å². The van der Waals surface area contributed by atoms with E-state index in [9.17, 15) is 4.79 Å². The van der Waals surface area contributed by atoms with Gasteiger partial charge in [0.2, 0.25) is 5.78 Å². The Morgan fingerprint density at radius 1 is 1.29 bits per heavy atom. The third-order valence-corrected chi connectivity index (χ3v) is 2.11. The first-order valence-corrected chi connectivity index (χ1v) is 4.44. The lowest BCUT2D eigenvalue weighted by atomic mass is 10.1. The Labute approximate surface area is 82.2 Å². The summed E-state index contributed by atoms with van der Waals surface area (Å²) in [6, 6.07) is 7.48. The number of aryl methyl sites for hydroxylation is 1. The van der Waals surface area contributed by atoms with Crippen molar-refractivity contribution < 1.29 is 4.79 Å². The molecule has 0 fully saturated rings. The number of rotatable bonds is 2. The Morgan fingerprint density at radius 2 is 2.00 bits per heavy atom. The fraction of sp³-hybridized carbons (Fsp3) is 0.182. The van der Waals surface area contributed by atoms with Gasteiger partial charge in [-0.25, -0.2) is 4.99 Å². The van der Waals surface area contributed by atoms with Crippen molar-refractivity contribution in [2.24, 2.45) is 9.98 Å². The number of hydrogen-bond acceptors (Lipinski definition) is 3. The lowest BCUT2D eigenvalue weighted by Crippen LogP contribution is -2.15. The minimum atomic E-state index is -0.0255. The summed E-state index contributed by atoms with van der Waals surface area (Å²) in [6.07, 6.45) is 1.43. The molecule has 0 N–H and O–H groups in total. The molecular formula is C11H10N2O. The first-order valence-electron chi connectivity index (χ1n) is 4.44. The second-order valence-corrected chi connectivity index (χ2v) is 3.23. The molecule has 0 aromatic heterocycles. The van der Waals surface area contributed by atoms with Crippen LogP contribution in [0, 0.1) is 6.92 Å². The predicted molar refractivity (Wildman–Crippen MR) is 56.3 cm³/mol. The van der Waals surface area contributed by atoms with E-state index in [4.69, 9.17) is 0 Å². The third kappa shape index (κ3) is 1.62. The molecule has 0 radical (unpaired) electrons. The number of carbonyl (C=O) groups excluding carboxylic acids is 1. The van der Waals surface area contributed by atoms with Gasteiger partial charge in [0.1, 0.15) is 12.1 Å². The van der Waals surface area contributed by atoms with Crippen molar-refractivity contribution in [1.82, 2.24) is 0 Å². The van der Waals surface area contributed by atoms with Crippen molar-refractivity contribution >= 4 is 17.8 Å². The Bertz CT molecular complexity index is 415. The second-order valence-electron chi connectivity index (χ2n) is 3.23. The summed E-state index contributed by atoms with van der Waals surface area (Å²) in [5, 5.41) is 0. The number of hydrogen-bond donors (Lipinski definition) is 0. The van der Waals surface area contributed by atoms with Gasteiger partial charge in [-0.3, -0.25) is 9.79 Å². The maximum absolute atomic E-state index is 11.7. The quantitative estimate of drug-likeness (QED) is 0.647. The summed E-state index contributed by atoms with van der Waals surface area (Å²) in [5.74, 6) is -0.0255. The van der Waals surface area contributed by atoms with Crippen LogP contribution in [0.25, 0.3) is 0 Å². The number of carbonyl (C=O) groups is 1. The predicted octanol–water partition coefficient (Wildman–Crippen LogP) is 1.66. The minimum Gasteiger partial charge on any atom is -0.287 e. The van der Waals surface area contributed by atoms with E-state index in [1.807, 2.05) is 31.2 Å². The van der Waals surface area contributed by atoms with E-state index >= 15 is 0 Å². The van der Waals surface area contributed by atoms with Crippen LogP contribution in [0.15, 0.2) is 34.3 Å². The van der Waals surface area contributed by atoms with Crippen LogP contribution < -0.4 is 0 Å². The van der Waals surface area contributed by atoms with Crippen LogP contribution in [0.4, 0.5) is 0 Å². The zero-order valence-electron chi connectivity index (χ0n) is 7.90. The summed E-state index contributed by atoms with van der Waals surface area (Å²) in [6.45, 7) is 2.40. The van der Waals surface area contributed by atoms with Crippen LogP contribution in [0.5, 0.6) is 0 Å². The smallest absolute Gasteiger partial charge is 0.209 e. The summed E-state index contributed by atoms with van der Waals surface area (Å²) in [5.41, 5.74) is 2.35. The van der Waals surface area contributed by atoms with Gasteiger partial charge >= 0.3 is 0 Å². The van der Waals surface area contributed by atoms with Gasteiger partial charge in [-0.15, -0.1) is 0 Å². The van der Waals surface area contributed by atoms with Gasteiger partial charge in [0, 0.05) is 5.56 Å². The largest absolute Gasteiger partial charge is 0.287 e. The third-order valence-electron chi connectivity index (χ3n) is 2.11. The Hall–Kier alpha value is -1.77. The molecule has 2 rings (SSSR count). The number of Topliss-reactive ketones (excluding diaryl/α,β-unsaturated/α-hetero) is 1. The molecule has 0 amide bonds.